The van der Waals surface area contributed by atoms with Crippen LogP contribution in [0.25, 0.3) is 0 Å². The maximum absolute atomic E-state index is 12.9. The summed E-state index contributed by atoms with van der Waals surface area (Å²) in [5.41, 5.74) is 0. The van der Waals surface area contributed by atoms with Gasteiger partial charge < -0.3 is 18.9 Å². The molecule has 0 fully saturated rings. The number of ether oxygens (including phenoxy) is 2. The Bertz CT molecular complexity index is 2140. The Kier molecular flexibility index (Phi) is 71.9. The number of quaternary nitrogens is 1. The van der Waals surface area contributed by atoms with Gasteiger partial charge in [0.2, 0.25) is 0 Å². The van der Waals surface area contributed by atoms with Crippen LogP contribution in [0.3, 0.4) is 0 Å². The highest BCUT2D eigenvalue weighted by molar-refractivity contribution is 7.47. The Morgan fingerprint density at radius 1 is 0.323 bits per heavy atom. The van der Waals surface area contributed by atoms with E-state index in [0.717, 1.165) is 109 Å². The molecular formula is C86H149NO8P+. The molecule has 9 nitrogen and oxygen atoms in total. The zero-order valence-electron chi connectivity index (χ0n) is 62.8. The molecule has 0 aromatic heterocycles. The molecule has 0 radical (unpaired) electrons. The smallest absolute Gasteiger partial charge is 0.462 e. The highest BCUT2D eigenvalue weighted by Gasteiger charge is 2.27. The molecule has 1 N–H and O–H groups in total. The van der Waals surface area contributed by atoms with Crippen LogP contribution in [-0.4, -0.2) is 74.9 Å². The third-order valence-corrected chi connectivity index (χ3v) is 17.8. The first-order valence-electron chi connectivity index (χ1n) is 39.6. The quantitative estimate of drug-likeness (QED) is 0.0211. The molecule has 0 aliphatic heterocycles. The molecule has 0 saturated carbocycles. The number of unbranched alkanes of at least 4 members (excludes halogenated alkanes) is 34. The van der Waals surface area contributed by atoms with E-state index in [2.05, 4.69) is 160 Å². The summed E-state index contributed by atoms with van der Waals surface area (Å²) >= 11 is 0. The van der Waals surface area contributed by atoms with Gasteiger partial charge in [0.1, 0.15) is 19.8 Å². The van der Waals surface area contributed by atoms with Gasteiger partial charge in [-0.25, -0.2) is 4.57 Å². The van der Waals surface area contributed by atoms with Crippen LogP contribution in [0.15, 0.2) is 146 Å². The molecule has 0 bridgehead atoms. The van der Waals surface area contributed by atoms with Crippen molar-refractivity contribution in [2.75, 3.05) is 47.5 Å². The summed E-state index contributed by atoms with van der Waals surface area (Å²) in [7, 11) is 1.48. The number of carbonyl (C=O) groups excluding carboxylic acids is 2. The molecule has 0 amide bonds. The molecular weight excluding hydrogens is 1210 g/mol. The van der Waals surface area contributed by atoms with Gasteiger partial charge in [0, 0.05) is 12.8 Å². The summed E-state index contributed by atoms with van der Waals surface area (Å²) in [4.78, 5) is 36.0. The number of likely N-dealkylation sites (N-methyl/N-ethyl adjacent to an activating group) is 1. The summed E-state index contributed by atoms with van der Waals surface area (Å²) in [6.45, 7) is 4.23. The summed E-state index contributed by atoms with van der Waals surface area (Å²) in [5.74, 6) is -0.789. The zero-order chi connectivity index (χ0) is 69.7. The summed E-state index contributed by atoms with van der Waals surface area (Å²) < 4.78 is 34.8. The van der Waals surface area contributed by atoms with Crippen LogP contribution < -0.4 is 0 Å². The molecule has 0 saturated heterocycles. The van der Waals surface area contributed by atoms with Crippen LogP contribution in [0, 0.1) is 0 Å². The first-order valence-corrected chi connectivity index (χ1v) is 41.1. The van der Waals surface area contributed by atoms with Crippen LogP contribution >= 0.6 is 7.82 Å². The molecule has 0 aliphatic rings. The fourth-order valence-electron chi connectivity index (χ4n) is 10.9. The summed E-state index contributed by atoms with van der Waals surface area (Å²) in [6, 6.07) is 0. The van der Waals surface area contributed by atoms with E-state index in [9.17, 15) is 19.0 Å². The Balaban J connectivity index is 3.98. The van der Waals surface area contributed by atoms with Gasteiger partial charge in [0.15, 0.2) is 6.10 Å². The van der Waals surface area contributed by atoms with Crippen molar-refractivity contribution in [1.29, 1.82) is 0 Å². The zero-order valence-corrected chi connectivity index (χ0v) is 63.7. The third-order valence-electron chi connectivity index (χ3n) is 16.9. The van der Waals surface area contributed by atoms with Crippen molar-refractivity contribution in [3.05, 3.63) is 146 Å². The van der Waals surface area contributed by atoms with E-state index in [0.29, 0.717) is 17.4 Å². The second kappa shape index (κ2) is 75.1. The first-order chi connectivity index (χ1) is 47.0. The molecule has 0 aromatic carbocycles. The van der Waals surface area contributed by atoms with E-state index in [1.807, 2.05) is 21.1 Å². The monoisotopic (exact) mass is 1360 g/mol. The fourth-order valence-corrected chi connectivity index (χ4v) is 11.7. The van der Waals surface area contributed by atoms with Crippen LogP contribution in [0.2, 0.25) is 0 Å². The van der Waals surface area contributed by atoms with Crippen molar-refractivity contribution in [2.24, 2.45) is 0 Å². The van der Waals surface area contributed by atoms with Crippen molar-refractivity contribution in [3.63, 3.8) is 0 Å². The molecule has 96 heavy (non-hydrogen) atoms. The first kappa shape index (κ1) is 91.9. The number of carbonyl (C=O) groups is 2. The van der Waals surface area contributed by atoms with E-state index < -0.39 is 26.5 Å². The highest BCUT2D eigenvalue weighted by atomic mass is 31.2. The molecule has 0 aliphatic carbocycles. The van der Waals surface area contributed by atoms with Crippen LogP contribution in [0.1, 0.15) is 335 Å². The average Bonchev–Trinajstić information content (AvgIpc) is 2.72. The van der Waals surface area contributed by atoms with E-state index in [1.165, 1.54) is 193 Å². The van der Waals surface area contributed by atoms with Crippen molar-refractivity contribution < 1.29 is 42.1 Å². The molecule has 0 aromatic rings. The SMILES string of the molecule is CC/C=C\C/C=C\C/C=C\C/C=C\C/C=C\C/C=C\CCCCCCCCCCCCCCCCCCCCC(=O)OC(COC(=O)CCCCCCCCCCCCCCCCCC/C=C\C/C=C\C/C=C\C/C=C\C/C=C\C/C=C\CC)COP(=O)(O)OCC[N+](C)(C)C. The number of rotatable bonds is 72. The summed E-state index contributed by atoms with van der Waals surface area (Å²) in [6.07, 6.45) is 111. The lowest BCUT2D eigenvalue weighted by Crippen LogP contribution is -2.37. The van der Waals surface area contributed by atoms with Gasteiger partial charge in [-0.1, -0.05) is 352 Å². The minimum atomic E-state index is -4.40. The minimum Gasteiger partial charge on any atom is -0.462 e. The largest absolute Gasteiger partial charge is 0.472 e. The van der Waals surface area contributed by atoms with Crippen LogP contribution in [-0.2, 0) is 32.7 Å². The van der Waals surface area contributed by atoms with E-state index in [1.54, 1.807) is 0 Å². The predicted molar refractivity (Wildman–Crippen MR) is 417 cm³/mol. The number of esters is 2. The number of phosphoric acid groups is 1. The van der Waals surface area contributed by atoms with Gasteiger partial charge >= 0.3 is 19.8 Å². The van der Waals surface area contributed by atoms with Gasteiger partial charge in [-0.05, 0) is 116 Å². The Hall–Kier alpha value is -4.11. The number of phosphoric ester groups is 1. The highest BCUT2D eigenvalue weighted by Crippen LogP contribution is 2.43. The molecule has 2 atom stereocenters. The van der Waals surface area contributed by atoms with Gasteiger partial charge in [-0.2, -0.15) is 0 Å². The van der Waals surface area contributed by atoms with Crippen LogP contribution in [0.5, 0.6) is 0 Å². The van der Waals surface area contributed by atoms with E-state index >= 15 is 0 Å². The van der Waals surface area contributed by atoms with Crippen LogP contribution in [0.4, 0.5) is 0 Å². The van der Waals surface area contributed by atoms with Crippen molar-refractivity contribution in [3.8, 4) is 0 Å². The minimum absolute atomic E-state index is 0.0284. The number of allylic oxidation sites excluding steroid dienone is 24. The van der Waals surface area contributed by atoms with Gasteiger partial charge in [0.25, 0.3) is 0 Å². The molecule has 0 spiro atoms. The molecule has 550 valence electrons. The van der Waals surface area contributed by atoms with Crippen molar-refractivity contribution >= 4 is 19.8 Å². The second-order valence-electron chi connectivity index (χ2n) is 27.3. The lowest BCUT2D eigenvalue weighted by Gasteiger charge is -2.24. The Morgan fingerprint density at radius 3 is 0.833 bits per heavy atom. The number of hydrogen-bond donors (Lipinski definition) is 1. The predicted octanol–water partition coefficient (Wildman–Crippen LogP) is 26.5. The van der Waals surface area contributed by atoms with E-state index in [4.69, 9.17) is 18.5 Å². The lowest BCUT2D eigenvalue weighted by molar-refractivity contribution is -0.870. The van der Waals surface area contributed by atoms with Gasteiger partial charge in [-0.15, -0.1) is 0 Å². The Labute approximate surface area is 593 Å². The number of hydrogen-bond acceptors (Lipinski definition) is 7. The van der Waals surface area contributed by atoms with Gasteiger partial charge in [0.05, 0.1) is 27.7 Å². The topological polar surface area (TPSA) is 108 Å². The van der Waals surface area contributed by atoms with E-state index in [-0.39, 0.29) is 32.0 Å². The maximum Gasteiger partial charge on any atom is 0.472 e. The molecule has 0 heterocycles. The third kappa shape index (κ3) is 78.9. The van der Waals surface area contributed by atoms with Gasteiger partial charge in [-0.3, -0.25) is 18.6 Å². The molecule has 10 heteroatoms. The molecule has 0 rings (SSSR count). The fraction of sp³-hybridized carbons (Fsp3) is 0.698. The van der Waals surface area contributed by atoms with Crippen molar-refractivity contribution in [2.45, 2.75) is 341 Å². The normalized spacial score (nSPS) is 13.9. The summed E-state index contributed by atoms with van der Waals surface area (Å²) in [5, 5.41) is 0. The standard InChI is InChI=1S/C86H148NO8P/c1-6-8-10-12-14-16-18-20-22-24-26-28-30-32-34-36-38-40-42-43-45-47-49-51-53-55-57-59-61-63-65-67-69-71-73-75-77-79-86(89)95-84(83-94-96(90,91)93-81-80-87(3,4)5)82-92-85(88)78-76-74-72-70-68-66-64-62-60-58-56-54-52-50-48-46-44-41-39-37-35-33-31-29-27-25-23-21-19-17-15-13-11-9-7-2/h8-11,14-17,20-23,26-29,32-35,38-41,84H,6-7,12-13,18-19,24-25,30-31,36-37,42-83H2,1-5H3/p+1/b10-8-,11-9-,16-14-,17-15-,22-20-,23-21-,28-26-,29-27-,34-32-,35-33-,40-38-,41-39-. The Morgan fingerprint density at radius 2 is 0.562 bits per heavy atom. The molecule has 2 unspecified atom stereocenters. The van der Waals surface area contributed by atoms with Crippen molar-refractivity contribution in [1.82, 2.24) is 0 Å². The maximum atomic E-state index is 12.9. The average molecular weight is 1360 g/mol. The number of nitrogens with zero attached hydrogens (tertiary/aromatic N) is 1. The second-order valence-corrected chi connectivity index (χ2v) is 28.8. The lowest BCUT2D eigenvalue weighted by atomic mass is 10.0.